The van der Waals surface area contributed by atoms with Crippen molar-refractivity contribution in [2.45, 2.75) is 89.2 Å². The lowest BCUT2D eigenvalue weighted by atomic mass is 9.81. The van der Waals surface area contributed by atoms with Crippen LogP contribution in [0.5, 0.6) is 0 Å². The van der Waals surface area contributed by atoms with Crippen molar-refractivity contribution in [3.63, 3.8) is 0 Å². The maximum atomic E-state index is 13.0. The largest absolute Gasteiger partial charge is 0.600 e. The highest BCUT2D eigenvalue weighted by atomic mass is 16.8. The average Bonchev–Trinajstić information content (AvgIpc) is 2.87. The number of quaternary nitrogens is 2. The summed E-state index contributed by atoms with van der Waals surface area (Å²) in [4.78, 5) is 16.9. The van der Waals surface area contributed by atoms with Gasteiger partial charge in [-0.15, -0.1) is 0 Å². The number of nitrogens with zero attached hydrogens (tertiary/aromatic N) is 1. The van der Waals surface area contributed by atoms with Crippen molar-refractivity contribution < 1.29 is 24.9 Å². The maximum Gasteiger partial charge on any atom is 0.190 e. The molecular weight excluding hydrogens is 334 g/mol. The van der Waals surface area contributed by atoms with Gasteiger partial charge in [0.05, 0.1) is 6.04 Å². The molecule has 3 aliphatic rings. The molecule has 2 saturated carbocycles. The number of fused-ring (bicyclic) bond motifs is 1. The third-order valence-electron chi connectivity index (χ3n) is 7.19. The van der Waals surface area contributed by atoms with Crippen molar-refractivity contribution >= 4 is 5.78 Å². The zero-order valence-electron chi connectivity index (χ0n) is 16.4. The van der Waals surface area contributed by atoms with E-state index in [1.54, 1.807) is 0 Å². The van der Waals surface area contributed by atoms with E-state index in [2.05, 4.69) is 18.9 Å². The molecule has 3 N–H and O–H groups in total. The number of hydroxylamine groups is 2. The van der Waals surface area contributed by atoms with Crippen LogP contribution < -0.4 is 10.1 Å². The van der Waals surface area contributed by atoms with Gasteiger partial charge in [-0.3, -0.25) is 4.79 Å². The number of ketones is 1. The van der Waals surface area contributed by atoms with E-state index in [1.807, 2.05) is 6.92 Å². The Morgan fingerprint density at radius 2 is 2.04 bits per heavy atom. The van der Waals surface area contributed by atoms with Gasteiger partial charge in [0.25, 0.3) is 0 Å². The lowest BCUT2D eigenvalue weighted by molar-refractivity contribution is -1.07. The molecule has 7 heteroatoms. The number of carbonyl (C=O) groups excluding carboxylic acids is 1. The Morgan fingerprint density at radius 1 is 1.31 bits per heavy atom. The maximum absolute atomic E-state index is 13.0. The SMILES string of the molecule is CCOC1CCC(C(=O)C[NH+]2C3CCCCC3N(C)C2C)CC1[NH+]([O-])O. The van der Waals surface area contributed by atoms with Crippen molar-refractivity contribution in [1.82, 2.24) is 4.90 Å². The summed E-state index contributed by atoms with van der Waals surface area (Å²) in [5.41, 5.74) is 0. The first kappa shape index (κ1) is 20.2. The van der Waals surface area contributed by atoms with Gasteiger partial charge in [-0.1, -0.05) is 6.42 Å². The Hall–Kier alpha value is -0.570. The van der Waals surface area contributed by atoms with Crippen LogP contribution in [0.15, 0.2) is 0 Å². The molecule has 150 valence electrons. The fourth-order valence-corrected chi connectivity index (χ4v) is 5.62. The fourth-order valence-electron chi connectivity index (χ4n) is 5.62. The van der Waals surface area contributed by atoms with Crippen LogP contribution in [0.25, 0.3) is 0 Å². The Bertz CT molecular complexity index is 489. The minimum absolute atomic E-state index is 0.125. The summed E-state index contributed by atoms with van der Waals surface area (Å²) in [5.74, 6) is 0.133. The number of hydrogen-bond acceptors (Lipinski definition) is 5. The van der Waals surface area contributed by atoms with Gasteiger partial charge in [-0.2, -0.15) is 0 Å². The van der Waals surface area contributed by atoms with Crippen LogP contribution in [0.3, 0.4) is 0 Å². The van der Waals surface area contributed by atoms with Crippen LogP contribution in [0.4, 0.5) is 0 Å². The first-order valence-corrected chi connectivity index (χ1v) is 10.4. The summed E-state index contributed by atoms with van der Waals surface area (Å²) < 4.78 is 5.62. The zero-order chi connectivity index (χ0) is 18.8. The summed E-state index contributed by atoms with van der Waals surface area (Å²) >= 11 is 0. The van der Waals surface area contributed by atoms with Crippen molar-refractivity contribution in [3.8, 4) is 0 Å². The van der Waals surface area contributed by atoms with Crippen molar-refractivity contribution in [3.05, 3.63) is 5.21 Å². The quantitative estimate of drug-likeness (QED) is 0.544. The van der Waals surface area contributed by atoms with E-state index < -0.39 is 11.3 Å². The summed E-state index contributed by atoms with van der Waals surface area (Å²) in [6.45, 7) is 5.19. The van der Waals surface area contributed by atoms with Gasteiger partial charge < -0.3 is 14.8 Å². The molecule has 0 aromatic heterocycles. The Balaban J connectivity index is 1.62. The van der Waals surface area contributed by atoms with Gasteiger partial charge in [-0.25, -0.2) is 15.3 Å². The van der Waals surface area contributed by atoms with Crippen LogP contribution >= 0.6 is 0 Å². The molecule has 0 bridgehead atoms. The van der Waals surface area contributed by atoms with E-state index >= 15 is 0 Å². The summed E-state index contributed by atoms with van der Waals surface area (Å²) in [7, 11) is 2.19. The van der Waals surface area contributed by atoms with Crippen LogP contribution in [-0.2, 0) is 9.53 Å². The van der Waals surface area contributed by atoms with Crippen LogP contribution in [-0.4, -0.2) is 66.5 Å². The topological polar surface area (TPSA) is 81.7 Å². The number of Topliss-reactive ketones (excluding diaryl/α,β-unsaturated/α-hetero) is 1. The number of likely N-dealkylation sites (N-methyl/N-ethyl adjacent to an activating group) is 1. The molecule has 1 saturated heterocycles. The number of ether oxygens (including phenoxy) is 1. The molecule has 3 fully saturated rings. The first-order chi connectivity index (χ1) is 12.4. The summed E-state index contributed by atoms with van der Waals surface area (Å²) in [6, 6.07) is 0.610. The highest BCUT2D eigenvalue weighted by Crippen LogP contribution is 2.28. The van der Waals surface area contributed by atoms with Gasteiger partial charge in [0, 0.05) is 32.3 Å². The average molecular weight is 371 g/mol. The van der Waals surface area contributed by atoms with Gasteiger partial charge >= 0.3 is 0 Å². The van der Waals surface area contributed by atoms with E-state index in [1.165, 1.54) is 30.6 Å². The normalized spacial score (nSPS) is 42.4. The molecule has 0 aromatic carbocycles. The molecule has 2 aliphatic carbocycles. The van der Waals surface area contributed by atoms with E-state index in [-0.39, 0.29) is 17.8 Å². The lowest BCUT2D eigenvalue weighted by Gasteiger charge is -2.37. The Kier molecular flexibility index (Phi) is 6.69. The monoisotopic (exact) mass is 370 g/mol. The fraction of sp³-hybridized carbons (Fsp3) is 0.947. The van der Waals surface area contributed by atoms with Crippen molar-refractivity contribution in [2.75, 3.05) is 20.2 Å². The third kappa shape index (κ3) is 3.98. The second-order valence-electron chi connectivity index (χ2n) is 8.47. The molecule has 0 radical (unpaired) electrons. The van der Waals surface area contributed by atoms with Crippen LogP contribution in [0.1, 0.15) is 58.8 Å². The summed E-state index contributed by atoms with van der Waals surface area (Å²) in [5, 5.41) is 20.4. The van der Waals surface area contributed by atoms with Gasteiger partial charge in [-0.05, 0) is 39.7 Å². The van der Waals surface area contributed by atoms with Crippen molar-refractivity contribution in [2.24, 2.45) is 5.92 Å². The Morgan fingerprint density at radius 3 is 2.73 bits per heavy atom. The van der Waals surface area contributed by atoms with E-state index in [0.717, 1.165) is 6.42 Å². The highest BCUT2D eigenvalue weighted by molar-refractivity contribution is 5.82. The van der Waals surface area contributed by atoms with Gasteiger partial charge in [0.1, 0.15) is 30.9 Å². The minimum atomic E-state index is -0.824. The summed E-state index contributed by atoms with van der Waals surface area (Å²) in [6.07, 6.45) is 7.00. The molecule has 1 aliphatic heterocycles. The molecule has 0 amide bonds. The minimum Gasteiger partial charge on any atom is -0.600 e. The molecule has 0 spiro atoms. The van der Waals surface area contributed by atoms with Gasteiger partial charge in [0.2, 0.25) is 0 Å². The standard InChI is InChI=1S/C19H35N3O4/c1-4-26-19-10-9-14(11-17(19)22(24)25)18(23)12-21-13(2)20(3)15-7-5-6-8-16(15)21/h13-17,19,22,24H,4-12H2,1-3H3/p+1. The predicted molar refractivity (Wildman–Crippen MR) is 96.8 cm³/mol. The van der Waals surface area contributed by atoms with Gasteiger partial charge in [0.15, 0.2) is 5.78 Å². The van der Waals surface area contributed by atoms with E-state index in [4.69, 9.17) is 4.74 Å². The predicted octanol–water partition coefficient (Wildman–Crippen LogP) is -0.611. The molecular formula is C19H36N3O4+. The second-order valence-corrected chi connectivity index (χ2v) is 8.47. The number of rotatable bonds is 6. The highest BCUT2D eigenvalue weighted by Gasteiger charge is 2.49. The third-order valence-corrected chi connectivity index (χ3v) is 7.19. The molecule has 7 nitrogen and oxygen atoms in total. The Labute approximate surface area is 156 Å². The molecule has 1 heterocycles. The first-order valence-electron chi connectivity index (χ1n) is 10.4. The molecule has 26 heavy (non-hydrogen) atoms. The lowest BCUT2D eigenvalue weighted by Crippen LogP contribution is -3.18. The van der Waals surface area contributed by atoms with E-state index in [9.17, 15) is 15.2 Å². The van der Waals surface area contributed by atoms with Crippen LogP contribution in [0, 0.1) is 11.1 Å². The molecule has 0 aromatic rings. The molecule has 8 atom stereocenters. The number of nitrogens with one attached hydrogen (secondary N) is 2. The second kappa shape index (κ2) is 8.63. The zero-order valence-corrected chi connectivity index (χ0v) is 16.4. The van der Waals surface area contributed by atoms with E-state index in [0.29, 0.717) is 44.2 Å². The number of hydrogen-bond donors (Lipinski definition) is 3. The number of carbonyl (C=O) groups is 1. The van der Waals surface area contributed by atoms with Crippen molar-refractivity contribution in [1.29, 1.82) is 0 Å². The smallest absolute Gasteiger partial charge is 0.190 e. The molecule has 3 rings (SSSR count). The van der Waals surface area contributed by atoms with Crippen LogP contribution in [0.2, 0.25) is 0 Å². The molecule has 8 unspecified atom stereocenters.